The van der Waals surface area contributed by atoms with E-state index in [0.717, 1.165) is 25.7 Å². The second kappa shape index (κ2) is 10.3. The van der Waals surface area contributed by atoms with E-state index in [1.54, 1.807) is 0 Å². The van der Waals surface area contributed by atoms with Crippen LogP contribution in [0.25, 0.3) is 0 Å². The summed E-state index contributed by atoms with van der Waals surface area (Å²) in [4.78, 5) is 22.6. The molecule has 4 rings (SSSR count). The maximum absolute atomic E-state index is 11.3. The van der Waals surface area contributed by atoms with Gasteiger partial charge >= 0.3 is 11.9 Å². The monoisotopic (exact) mass is 498 g/mol. The largest absolute Gasteiger partial charge is 0.481 e. The van der Waals surface area contributed by atoms with Crippen molar-refractivity contribution in [1.29, 1.82) is 0 Å². The number of hydrogen-bond acceptors (Lipinski definition) is 5. The molecule has 0 aliphatic heterocycles. The van der Waals surface area contributed by atoms with Gasteiger partial charge in [-0.15, -0.1) is 0 Å². The van der Waals surface area contributed by atoms with Crippen molar-refractivity contribution in [3.05, 3.63) is 0 Å². The van der Waals surface area contributed by atoms with Crippen molar-refractivity contribution >= 4 is 11.9 Å². The maximum Gasteiger partial charge on any atom is 0.310 e. The molecule has 4 fully saturated rings. The average Bonchev–Trinajstić information content (AvgIpc) is 3.53. The van der Waals surface area contributed by atoms with Crippen LogP contribution in [0.15, 0.2) is 0 Å². The Morgan fingerprint density at radius 2 is 1.03 bits per heavy atom. The molecule has 6 unspecified atom stereocenters. The molecule has 35 heavy (non-hydrogen) atoms. The summed E-state index contributed by atoms with van der Waals surface area (Å²) in [6, 6.07) is 0. The van der Waals surface area contributed by atoms with E-state index in [-0.39, 0.29) is 41.5 Å². The summed E-state index contributed by atoms with van der Waals surface area (Å²) in [6.07, 6.45) is 7.02. The fraction of sp³-hybridized carbons (Fsp3) is 0.929. The second-order valence-corrected chi connectivity index (χ2v) is 13.2. The highest BCUT2D eigenvalue weighted by Crippen LogP contribution is 2.76. The molecule has 0 heterocycles. The first-order valence-electron chi connectivity index (χ1n) is 13.4. The first-order chi connectivity index (χ1) is 16.1. The zero-order valence-electron chi connectivity index (χ0n) is 22.9. The SMILES string of the molecule is CC1CCC2C(C)(C)C2(C(=O)O)C1.CC1CCC2C(C)(C)C2(C(=O)O)C1.CCC(CO)(CO)CO. The molecular weight excluding hydrogens is 448 g/mol. The summed E-state index contributed by atoms with van der Waals surface area (Å²) in [5, 5.41) is 44.6. The van der Waals surface area contributed by atoms with Crippen molar-refractivity contribution in [2.24, 2.45) is 50.7 Å². The Balaban J connectivity index is 0.000000190. The molecule has 0 saturated heterocycles. The first kappa shape index (κ1) is 30.0. The quantitative estimate of drug-likeness (QED) is 0.366. The van der Waals surface area contributed by atoms with Crippen LogP contribution in [0.1, 0.15) is 93.4 Å². The number of aliphatic carboxylic acids is 2. The standard InChI is InChI=1S/2C11H18O2.C6H14O3/c2*1-7-4-5-8-10(2,3)11(8,6-7)9(12)13;1-2-6(3-7,4-8)5-9/h2*7-8H,4-6H2,1-3H3,(H,12,13);7-9H,2-5H2,1H3. The number of carboxylic acid groups (broad SMARTS) is 2. The number of hydrogen-bond donors (Lipinski definition) is 5. The van der Waals surface area contributed by atoms with Gasteiger partial charge in [0, 0.05) is 5.41 Å². The van der Waals surface area contributed by atoms with Crippen molar-refractivity contribution in [3.63, 3.8) is 0 Å². The Kier molecular flexibility index (Phi) is 8.84. The van der Waals surface area contributed by atoms with E-state index in [1.807, 2.05) is 6.92 Å². The smallest absolute Gasteiger partial charge is 0.310 e. The Morgan fingerprint density at radius 1 is 0.714 bits per heavy atom. The van der Waals surface area contributed by atoms with Crippen molar-refractivity contribution < 1.29 is 35.1 Å². The fourth-order valence-corrected chi connectivity index (χ4v) is 7.67. The lowest BCUT2D eigenvalue weighted by molar-refractivity contribution is -0.147. The summed E-state index contributed by atoms with van der Waals surface area (Å²) >= 11 is 0. The Morgan fingerprint density at radius 3 is 1.20 bits per heavy atom. The molecule has 0 aromatic carbocycles. The van der Waals surface area contributed by atoms with Crippen LogP contribution < -0.4 is 0 Å². The van der Waals surface area contributed by atoms with Crippen LogP contribution in [0.2, 0.25) is 0 Å². The van der Waals surface area contributed by atoms with Crippen molar-refractivity contribution in [2.45, 2.75) is 93.4 Å². The Bertz CT molecular complexity index is 700. The predicted octanol–water partition coefficient (Wildman–Crippen LogP) is 4.43. The summed E-state index contributed by atoms with van der Waals surface area (Å²) < 4.78 is 0. The zero-order chi connectivity index (χ0) is 27.0. The molecule has 6 atom stereocenters. The number of aliphatic hydroxyl groups is 3. The summed E-state index contributed by atoms with van der Waals surface area (Å²) in [6.45, 7) is 14.2. The van der Waals surface area contributed by atoms with Crippen LogP contribution in [-0.2, 0) is 9.59 Å². The normalized spacial score (nSPS) is 37.8. The van der Waals surface area contributed by atoms with Crippen LogP contribution >= 0.6 is 0 Å². The molecule has 7 heteroatoms. The average molecular weight is 499 g/mol. The van der Waals surface area contributed by atoms with Gasteiger partial charge in [-0.25, -0.2) is 0 Å². The van der Waals surface area contributed by atoms with E-state index in [9.17, 15) is 19.8 Å². The first-order valence-corrected chi connectivity index (χ1v) is 13.4. The molecule has 0 spiro atoms. The van der Waals surface area contributed by atoms with Crippen molar-refractivity contribution in [2.75, 3.05) is 19.8 Å². The van der Waals surface area contributed by atoms with E-state index in [0.29, 0.717) is 30.1 Å². The number of carboxylic acids is 2. The number of carbonyl (C=O) groups is 2. The van der Waals surface area contributed by atoms with E-state index in [4.69, 9.17) is 15.3 Å². The van der Waals surface area contributed by atoms with Gasteiger partial charge in [-0.3, -0.25) is 9.59 Å². The lowest BCUT2D eigenvalue weighted by Crippen LogP contribution is -2.32. The third-order valence-corrected chi connectivity index (χ3v) is 10.8. The minimum Gasteiger partial charge on any atom is -0.481 e. The summed E-state index contributed by atoms with van der Waals surface area (Å²) in [5.41, 5.74) is -1.32. The minimum atomic E-state index is -0.667. The zero-order valence-corrected chi connectivity index (χ0v) is 22.9. The van der Waals surface area contributed by atoms with Crippen LogP contribution in [0.4, 0.5) is 0 Å². The molecule has 4 aliphatic rings. The predicted molar refractivity (Wildman–Crippen MR) is 135 cm³/mol. The highest BCUT2D eigenvalue weighted by molar-refractivity contribution is 5.81. The molecule has 7 nitrogen and oxygen atoms in total. The molecule has 0 aromatic heterocycles. The fourth-order valence-electron chi connectivity index (χ4n) is 7.67. The van der Waals surface area contributed by atoms with Crippen LogP contribution in [0.5, 0.6) is 0 Å². The van der Waals surface area contributed by atoms with Gasteiger partial charge in [0.2, 0.25) is 0 Å². The third-order valence-electron chi connectivity index (χ3n) is 10.8. The van der Waals surface area contributed by atoms with Gasteiger partial charge < -0.3 is 25.5 Å². The number of fused-ring (bicyclic) bond motifs is 2. The molecule has 204 valence electrons. The van der Waals surface area contributed by atoms with Gasteiger partial charge in [0.25, 0.3) is 0 Å². The number of rotatable bonds is 6. The Hall–Kier alpha value is -1.18. The molecule has 0 aromatic rings. The molecule has 4 saturated carbocycles. The van der Waals surface area contributed by atoms with Gasteiger partial charge in [0.05, 0.1) is 30.7 Å². The van der Waals surface area contributed by atoms with E-state index in [1.165, 1.54) is 12.8 Å². The van der Waals surface area contributed by atoms with Crippen LogP contribution in [0.3, 0.4) is 0 Å². The maximum atomic E-state index is 11.3. The molecule has 0 bridgehead atoms. The highest BCUT2D eigenvalue weighted by atomic mass is 16.4. The van der Waals surface area contributed by atoms with Crippen LogP contribution in [0, 0.1) is 50.7 Å². The third kappa shape index (κ3) is 4.77. The van der Waals surface area contributed by atoms with E-state index >= 15 is 0 Å². The van der Waals surface area contributed by atoms with Gasteiger partial charge in [-0.1, -0.05) is 61.3 Å². The lowest BCUT2D eigenvalue weighted by atomic mass is 9.80. The van der Waals surface area contributed by atoms with E-state index in [2.05, 4.69) is 41.5 Å². The van der Waals surface area contributed by atoms with Gasteiger partial charge in [0.1, 0.15) is 0 Å². The van der Waals surface area contributed by atoms with Crippen molar-refractivity contribution in [1.82, 2.24) is 0 Å². The molecule has 4 aliphatic carbocycles. The van der Waals surface area contributed by atoms with Gasteiger partial charge in [-0.2, -0.15) is 0 Å². The molecule has 0 amide bonds. The van der Waals surface area contributed by atoms with Gasteiger partial charge in [-0.05, 0) is 66.6 Å². The van der Waals surface area contributed by atoms with Gasteiger partial charge in [0.15, 0.2) is 0 Å². The van der Waals surface area contributed by atoms with E-state index < -0.39 is 17.4 Å². The molecular formula is C28H50O7. The number of aliphatic hydroxyl groups excluding tert-OH is 3. The van der Waals surface area contributed by atoms with Crippen molar-refractivity contribution in [3.8, 4) is 0 Å². The minimum absolute atomic E-state index is 0.0452. The van der Waals surface area contributed by atoms with Crippen LogP contribution in [-0.4, -0.2) is 57.3 Å². The molecule has 5 N–H and O–H groups in total. The Labute approximate surface area is 211 Å². The second-order valence-electron chi connectivity index (χ2n) is 13.2. The molecule has 0 radical (unpaired) electrons. The summed E-state index contributed by atoms with van der Waals surface area (Å²) in [7, 11) is 0. The topological polar surface area (TPSA) is 135 Å². The lowest BCUT2D eigenvalue weighted by Gasteiger charge is -2.24. The highest BCUT2D eigenvalue weighted by Gasteiger charge is 2.76. The summed E-state index contributed by atoms with van der Waals surface area (Å²) in [5.74, 6) is 0.939.